The van der Waals surface area contributed by atoms with E-state index in [2.05, 4.69) is 45.5 Å². The van der Waals surface area contributed by atoms with Crippen LogP contribution >= 0.6 is 0 Å². The molecule has 0 aliphatic heterocycles. The van der Waals surface area contributed by atoms with E-state index in [1.807, 2.05) is 48.5 Å². The largest absolute Gasteiger partial charge is 0.352 e. The molecule has 0 bridgehead atoms. The first-order chi connectivity index (χ1) is 12.2. The minimum atomic E-state index is -0.383. The SMILES string of the molecule is COC(OC)c1ccc(N(c2ccccc2)c2ccccc2)c([Si])c1. The number of ether oxygens (including phenoxy) is 2. The lowest BCUT2D eigenvalue weighted by molar-refractivity contribution is -0.105. The molecule has 3 rings (SSSR count). The van der Waals surface area contributed by atoms with Gasteiger partial charge < -0.3 is 14.4 Å². The number of anilines is 3. The number of hydrogen-bond donors (Lipinski definition) is 0. The molecule has 0 saturated heterocycles. The van der Waals surface area contributed by atoms with Crippen LogP contribution in [0.1, 0.15) is 11.9 Å². The Morgan fingerprint density at radius 2 is 1.28 bits per heavy atom. The molecule has 0 saturated carbocycles. The van der Waals surface area contributed by atoms with Gasteiger partial charge in [-0.25, -0.2) is 0 Å². The molecule has 3 aromatic carbocycles. The highest BCUT2D eigenvalue weighted by Crippen LogP contribution is 2.33. The highest BCUT2D eigenvalue weighted by atomic mass is 28.1. The summed E-state index contributed by atoms with van der Waals surface area (Å²) < 4.78 is 10.7. The lowest BCUT2D eigenvalue weighted by atomic mass is 10.1. The molecule has 3 aromatic rings. The first-order valence-corrected chi connectivity index (χ1v) is 8.56. The van der Waals surface area contributed by atoms with Crippen molar-refractivity contribution in [2.24, 2.45) is 0 Å². The van der Waals surface area contributed by atoms with E-state index in [9.17, 15) is 0 Å². The van der Waals surface area contributed by atoms with Gasteiger partial charge in [0.15, 0.2) is 6.29 Å². The van der Waals surface area contributed by atoms with Gasteiger partial charge in [0.05, 0.1) is 10.2 Å². The number of hydrogen-bond acceptors (Lipinski definition) is 3. The molecular formula is C21H20NO2Si. The smallest absolute Gasteiger partial charge is 0.183 e. The second-order valence-corrected chi connectivity index (χ2v) is 6.13. The zero-order valence-electron chi connectivity index (χ0n) is 14.3. The van der Waals surface area contributed by atoms with Crippen molar-refractivity contribution in [2.75, 3.05) is 19.1 Å². The minimum Gasteiger partial charge on any atom is -0.352 e. The average Bonchev–Trinajstić information content (AvgIpc) is 2.66. The van der Waals surface area contributed by atoms with Crippen LogP contribution in [0.15, 0.2) is 78.9 Å². The Hall–Kier alpha value is -2.40. The van der Waals surface area contributed by atoms with Crippen molar-refractivity contribution in [3.8, 4) is 0 Å². The van der Waals surface area contributed by atoms with E-state index in [0.29, 0.717) is 0 Å². The molecule has 0 unspecified atom stereocenters. The molecule has 0 amide bonds. The highest BCUT2D eigenvalue weighted by molar-refractivity contribution is 6.36. The fraction of sp³-hybridized carbons (Fsp3) is 0.143. The zero-order valence-corrected chi connectivity index (χ0v) is 15.3. The molecule has 4 heteroatoms. The molecule has 0 heterocycles. The van der Waals surface area contributed by atoms with Crippen LogP contribution in [0.3, 0.4) is 0 Å². The summed E-state index contributed by atoms with van der Waals surface area (Å²) in [5, 5.41) is 0.962. The Morgan fingerprint density at radius 1 is 0.760 bits per heavy atom. The van der Waals surface area contributed by atoms with E-state index in [-0.39, 0.29) is 6.29 Å². The monoisotopic (exact) mass is 346 g/mol. The summed E-state index contributed by atoms with van der Waals surface area (Å²) in [6.45, 7) is 0. The average molecular weight is 346 g/mol. The lowest BCUT2D eigenvalue weighted by Crippen LogP contribution is -2.20. The number of rotatable bonds is 6. The summed E-state index contributed by atoms with van der Waals surface area (Å²) in [5.74, 6) is 0. The molecular weight excluding hydrogens is 326 g/mol. The molecule has 3 radical (unpaired) electrons. The number of methoxy groups -OCH3 is 2. The van der Waals surface area contributed by atoms with Crippen LogP contribution in [0.2, 0.25) is 0 Å². The van der Waals surface area contributed by atoms with Crippen molar-refractivity contribution in [2.45, 2.75) is 6.29 Å². The van der Waals surface area contributed by atoms with E-state index in [0.717, 1.165) is 27.8 Å². The second kappa shape index (κ2) is 8.12. The van der Waals surface area contributed by atoms with E-state index in [1.54, 1.807) is 14.2 Å². The second-order valence-electron chi connectivity index (χ2n) is 5.59. The van der Waals surface area contributed by atoms with Crippen molar-refractivity contribution in [3.05, 3.63) is 84.4 Å². The summed E-state index contributed by atoms with van der Waals surface area (Å²) >= 11 is 0. The van der Waals surface area contributed by atoms with Crippen LogP contribution in [0.4, 0.5) is 17.1 Å². The maximum atomic E-state index is 5.35. The maximum Gasteiger partial charge on any atom is 0.183 e. The van der Waals surface area contributed by atoms with Crippen molar-refractivity contribution < 1.29 is 9.47 Å². The quantitative estimate of drug-likeness (QED) is 0.492. The van der Waals surface area contributed by atoms with Crippen molar-refractivity contribution in [1.82, 2.24) is 0 Å². The van der Waals surface area contributed by atoms with Gasteiger partial charge in [0.25, 0.3) is 0 Å². The minimum absolute atomic E-state index is 0.383. The van der Waals surface area contributed by atoms with Crippen molar-refractivity contribution in [1.29, 1.82) is 0 Å². The first kappa shape index (κ1) is 17.4. The standard InChI is InChI=1S/C21H20NO2Si/c1-23-21(24-2)16-13-14-19(20(25)15-16)22(17-9-5-3-6-10-17)18-11-7-4-8-12-18/h3-15,21H,1-2H3. The Bertz CT molecular complexity index is 765. The van der Waals surface area contributed by atoms with E-state index < -0.39 is 0 Å². The van der Waals surface area contributed by atoms with E-state index in [1.165, 1.54) is 0 Å². The number of benzene rings is 3. The fourth-order valence-corrected chi connectivity index (χ4v) is 3.21. The Kier molecular flexibility index (Phi) is 5.66. The predicted octanol–water partition coefficient (Wildman–Crippen LogP) is 4.24. The number of para-hydroxylation sites is 2. The van der Waals surface area contributed by atoms with E-state index in [4.69, 9.17) is 9.47 Å². The molecule has 3 nitrogen and oxygen atoms in total. The zero-order chi connectivity index (χ0) is 17.6. The van der Waals surface area contributed by atoms with Crippen LogP contribution in [0, 0.1) is 0 Å². The molecule has 0 spiro atoms. The maximum absolute atomic E-state index is 5.35. The molecule has 0 aliphatic carbocycles. The topological polar surface area (TPSA) is 21.7 Å². The summed E-state index contributed by atoms with van der Waals surface area (Å²) in [6, 6.07) is 26.7. The molecule has 0 fully saturated rings. The number of nitrogens with zero attached hydrogens (tertiary/aromatic N) is 1. The predicted molar refractivity (Wildman–Crippen MR) is 103 cm³/mol. The van der Waals surface area contributed by atoms with Gasteiger partial charge in [-0.15, -0.1) is 0 Å². The van der Waals surface area contributed by atoms with Gasteiger partial charge in [-0.2, -0.15) is 0 Å². The third-order valence-corrected chi connectivity index (χ3v) is 4.39. The Balaban J connectivity index is 2.08. The van der Waals surface area contributed by atoms with Gasteiger partial charge in [-0.1, -0.05) is 48.5 Å². The van der Waals surface area contributed by atoms with Gasteiger partial charge in [0.2, 0.25) is 0 Å². The van der Waals surface area contributed by atoms with Gasteiger partial charge in [-0.05, 0) is 35.5 Å². The summed E-state index contributed by atoms with van der Waals surface area (Å²) in [4.78, 5) is 2.21. The summed E-state index contributed by atoms with van der Waals surface area (Å²) in [5.41, 5.74) is 4.19. The molecule has 25 heavy (non-hydrogen) atoms. The Morgan fingerprint density at radius 3 is 1.72 bits per heavy atom. The third-order valence-electron chi connectivity index (χ3n) is 3.99. The molecule has 0 atom stereocenters. The van der Waals surface area contributed by atoms with Crippen LogP contribution in [-0.4, -0.2) is 24.5 Å². The van der Waals surface area contributed by atoms with Crippen LogP contribution in [0.5, 0.6) is 0 Å². The van der Waals surface area contributed by atoms with Gasteiger partial charge >= 0.3 is 0 Å². The normalized spacial score (nSPS) is 10.9. The fourth-order valence-electron chi connectivity index (χ4n) is 2.85. The lowest BCUT2D eigenvalue weighted by Gasteiger charge is -2.27. The van der Waals surface area contributed by atoms with Gasteiger partial charge in [-0.3, -0.25) is 0 Å². The molecule has 0 N–H and O–H groups in total. The van der Waals surface area contributed by atoms with E-state index >= 15 is 0 Å². The molecule has 0 aromatic heterocycles. The van der Waals surface area contributed by atoms with Crippen LogP contribution < -0.4 is 10.1 Å². The summed E-state index contributed by atoms with van der Waals surface area (Å²) in [7, 11) is 7.04. The molecule has 0 aliphatic rings. The highest BCUT2D eigenvalue weighted by Gasteiger charge is 2.16. The van der Waals surface area contributed by atoms with Crippen LogP contribution in [0.25, 0.3) is 0 Å². The van der Waals surface area contributed by atoms with Gasteiger partial charge in [0.1, 0.15) is 0 Å². The van der Waals surface area contributed by atoms with Gasteiger partial charge in [0, 0.05) is 36.8 Å². The van der Waals surface area contributed by atoms with Crippen molar-refractivity contribution in [3.63, 3.8) is 0 Å². The van der Waals surface area contributed by atoms with Crippen molar-refractivity contribution >= 4 is 32.5 Å². The van der Waals surface area contributed by atoms with Crippen LogP contribution in [-0.2, 0) is 9.47 Å². The summed E-state index contributed by atoms with van der Waals surface area (Å²) in [6.07, 6.45) is -0.383. The molecule has 125 valence electrons. The third kappa shape index (κ3) is 3.82. The Labute approximate surface area is 152 Å². The first-order valence-electron chi connectivity index (χ1n) is 8.06.